The highest BCUT2D eigenvalue weighted by Crippen LogP contribution is 2.26. The molecule has 26 heavy (non-hydrogen) atoms. The number of amides is 2. The fourth-order valence-electron chi connectivity index (χ4n) is 2.59. The van der Waals surface area contributed by atoms with Gasteiger partial charge in [0.25, 0.3) is 0 Å². The number of anilines is 1. The van der Waals surface area contributed by atoms with Crippen LogP contribution in [0.15, 0.2) is 48.5 Å². The van der Waals surface area contributed by atoms with E-state index in [0.717, 1.165) is 5.75 Å². The number of hydrogen-bond acceptors (Lipinski definition) is 5. The summed E-state index contributed by atoms with van der Waals surface area (Å²) in [6.45, 7) is 1.36. The first-order chi connectivity index (χ1) is 12.6. The number of nitrogens with zero attached hydrogens (tertiary/aromatic N) is 1. The van der Waals surface area contributed by atoms with Gasteiger partial charge in [-0.1, -0.05) is 6.07 Å². The van der Waals surface area contributed by atoms with Gasteiger partial charge in [-0.25, -0.2) is 4.79 Å². The van der Waals surface area contributed by atoms with Gasteiger partial charge in [0, 0.05) is 18.3 Å². The van der Waals surface area contributed by atoms with Crippen LogP contribution in [0.5, 0.6) is 17.2 Å². The number of hydrogen-bond donors (Lipinski definition) is 2. The van der Waals surface area contributed by atoms with Crippen molar-refractivity contribution in [3.63, 3.8) is 0 Å². The molecular formula is C19H22N2O5. The molecule has 1 aliphatic rings. The Morgan fingerprint density at radius 3 is 2.73 bits per heavy atom. The first kappa shape index (κ1) is 18.0. The third-order valence-corrected chi connectivity index (χ3v) is 3.92. The summed E-state index contributed by atoms with van der Waals surface area (Å²) in [6.07, 6.45) is -0.665. The lowest BCUT2D eigenvalue weighted by molar-refractivity contribution is 0.0575. The Bertz CT molecular complexity index is 735. The van der Waals surface area contributed by atoms with Gasteiger partial charge in [0.2, 0.25) is 0 Å². The number of rotatable bonds is 4. The molecule has 1 atom stereocenters. The molecule has 0 aromatic heterocycles. The molecule has 0 bridgehead atoms. The summed E-state index contributed by atoms with van der Waals surface area (Å²) >= 11 is 0. The molecule has 0 radical (unpaired) electrons. The molecular weight excluding hydrogens is 336 g/mol. The molecule has 1 saturated heterocycles. The Morgan fingerprint density at radius 1 is 1.19 bits per heavy atom. The molecule has 2 N–H and O–H groups in total. The minimum absolute atomic E-state index is 0.250. The summed E-state index contributed by atoms with van der Waals surface area (Å²) in [6, 6.07) is 14.1. The number of aliphatic hydroxyl groups is 1. The zero-order chi connectivity index (χ0) is 18.4. The summed E-state index contributed by atoms with van der Waals surface area (Å²) in [5.74, 6) is 2.03. The van der Waals surface area contributed by atoms with Crippen molar-refractivity contribution in [1.29, 1.82) is 0 Å². The predicted molar refractivity (Wildman–Crippen MR) is 96.9 cm³/mol. The van der Waals surface area contributed by atoms with Crippen LogP contribution in [0, 0.1) is 0 Å². The van der Waals surface area contributed by atoms with Crippen molar-refractivity contribution >= 4 is 11.7 Å². The molecule has 2 aromatic rings. The highest BCUT2D eigenvalue weighted by Gasteiger charge is 2.20. The second-order valence-electron chi connectivity index (χ2n) is 5.91. The van der Waals surface area contributed by atoms with Gasteiger partial charge >= 0.3 is 6.03 Å². The number of ether oxygens (including phenoxy) is 3. The number of nitrogens with one attached hydrogen (secondary N) is 1. The van der Waals surface area contributed by atoms with E-state index in [1.54, 1.807) is 42.3 Å². The molecule has 138 valence electrons. The largest absolute Gasteiger partial charge is 0.497 e. The van der Waals surface area contributed by atoms with Crippen LogP contribution in [0.25, 0.3) is 0 Å². The van der Waals surface area contributed by atoms with Crippen molar-refractivity contribution in [3.8, 4) is 17.2 Å². The quantitative estimate of drug-likeness (QED) is 0.878. The Morgan fingerprint density at radius 2 is 1.96 bits per heavy atom. The molecule has 3 rings (SSSR count). The molecule has 2 amide bonds. The summed E-state index contributed by atoms with van der Waals surface area (Å²) in [7, 11) is 1.60. The zero-order valence-corrected chi connectivity index (χ0v) is 14.6. The minimum Gasteiger partial charge on any atom is -0.497 e. The predicted octanol–water partition coefficient (Wildman–Crippen LogP) is 2.71. The molecule has 1 fully saturated rings. The maximum Gasteiger partial charge on any atom is 0.322 e. The standard InChI is InChI=1S/C19H22N2O5/c1-24-17-3-2-4-18(11-17)26-16-7-5-14(6-8-16)20-19(23)21-9-10-25-13-15(22)12-21/h2-8,11,15,22H,9-10,12-13H2,1H3,(H,20,23). The van der Waals surface area contributed by atoms with Gasteiger partial charge in [0.15, 0.2) is 0 Å². The van der Waals surface area contributed by atoms with Crippen LogP contribution < -0.4 is 14.8 Å². The van der Waals surface area contributed by atoms with Crippen LogP contribution in [-0.2, 0) is 4.74 Å². The van der Waals surface area contributed by atoms with E-state index in [9.17, 15) is 9.90 Å². The van der Waals surface area contributed by atoms with E-state index < -0.39 is 6.10 Å². The van der Waals surface area contributed by atoms with E-state index in [1.165, 1.54) is 0 Å². The highest BCUT2D eigenvalue weighted by atomic mass is 16.5. The van der Waals surface area contributed by atoms with E-state index >= 15 is 0 Å². The summed E-state index contributed by atoms with van der Waals surface area (Å²) in [5.41, 5.74) is 0.646. The Kier molecular flexibility index (Phi) is 5.93. The summed E-state index contributed by atoms with van der Waals surface area (Å²) in [4.78, 5) is 13.9. The first-order valence-electron chi connectivity index (χ1n) is 8.38. The number of carbonyl (C=O) groups excluding carboxylic acids is 1. The van der Waals surface area contributed by atoms with Gasteiger partial charge in [-0.15, -0.1) is 0 Å². The number of aliphatic hydroxyl groups excluding tert-OH is 1. The lowest BCUT2D eigenvalue weighted by Gasteiger charge is -2.21. The second-order valence-corrected chi connectivity index (χ2v) is 5.91. The molecule has 1 heterocycles. The van der Waals surface area contributed by atoms with Gasteiger partial charge in [0.05, 0.1) is 33.0 Å². The fraction of sp³-hybridized carbons (Fsp3) is 0.316. The van der Waals surface area contributed by atoms with Crippen LogP contribution in [-0.4, -0.2) is 55.6 Å². The lowest BCUT2D eigenvalue weighted by Crippen LogP contribution is -2.40. The Hall–Kier alpha value is -2.77. The molecule has 7 heteroatoms. The summed E-state index contributed by atoms with van der Waals surface area (Å²) in [5, 5.41) is 12.5. The smallest absolute Gasteiger partial charge is 0.322 e. The number of urea groups is 1. The van der Waals surface area contributed by atoms with Gasteiger partial charge in [-0.05, 0) is 36.4 Å². The van der Waals surface area contributed by atoms with Crippen molar-refractivity contribution < 1.29 is 24.1 Å². The molecule has 0 spiro atoms. The van der Waals surface area contributed by atoms with E-state index in [1.807, 2.05) is 18.2 Å². The van der Waals surface area contributed by atoms with E-state index in [4.69, 9.17) is 14.2 Å². The normalized spacial score (nSPS) is 17.3. The molecule has 7 nitrogen and oxygen atoms in total. The van der Waals surface area contributed by atoms with Crippen LogP contribution in [0.1, 0.15) is 0 Å². The highest BCUT2D eigenvalue weighted by molar-refractivity contribution is 5.89. The fourth-order valence-corrected chi connectivity index (χ4v) is 2.59. The van der Waals surface area contributed by atoms with Crippen molar-refractivity contribution in [1.82, 2.24) is 4.90 Å². The van der Waals surface area contributed by atoms with E-state index in [-0.39, 0.29) is 19.2 Å². The molecule has 0 aliphatic carbocycles. The zero-order valence-electron chi connectivity index (χ0n) is 14.6. The third kappa shape index (κ3) is 4.87. The SMILES string of the molecule is COc1cccc(Oc2ccc(NC(=O)N3CCOCC(O)C3)cc2)c1. The van der Waals surface area contributed by atoms with E-state index in [2.05, 4.69) is 5.32 Å². The molecule has 1 aliphatic heterocycles. The van der Waals surface area contributed by atoms with E-state index in [0.29, 0.717) is 30.3 Å². The third-order valence-electron chi connectivity index (χ3n) is 3.92. The molecule has 0 saturated carbocycles. The maximum atomic E-state index is 12.3. The van der Waals surface area contributed by atoms with Crippen molar-refractivity contribution in [2.24, 2.45) is 0 Å². The number of benzene rings is 2. The van der Waals surface area contributed by atoms with Crippen molar-refractivity contribution in [3.05, 3.63) is 48.5 Å². The van der Waals surface area contributed by atoms with Crippen LogP contribution in [0.3, 0.4) is 0 Å². The van der Waals surface area contributed by atoms with Gasteiger partial charge in [0.1, 0.15) is 17.2 Å². The van der Waals surface area contributed by atoms with Crippen LogP contribution in [0.2, 0.25) is 0 Å². The van der Waals surface area contributed by atoms with Crippen molar-refractivity contribution in [2.75, 3.05) is 38.7 Å². The minimum atomic E-state index is -0.665. The number of β-amino-alcohol motifs (C(OH)–C–C–N with tert-alkyl or cyclic N) is 1. The second kappa shape index (κ2) is 8.55. The first-order valence-corrected chi connectivity index (χ1v) is 8.38. The average Bonchev–Trinajstić information content (AvgIpc) is 2.88. The average molecular weight is 358 g/mol. The topological polar surface area (TPSA) is 80.3 Å². The number of methoxy groups -OCH3 is 1. The Balaban J connectivity index is 1.59. The molecule has 2 aromatic carbocycles. The summed E-state index contributed by atoms with van der Waals surface area (Å²) < 4.78 is 16.2. The van der Waals surface area contributed by atoms with Gasteiger partial charge < -0.3 is 29.5 Å². The molecule has 1 unspecified atom stereocenters. The van der Waals surface area contributed by atoms with Crippen LogP contribution in [0.4, 0.5) is 10.5 Å². The Labute approximate surface area is 152 Å². The van der Waals surface area contributed by atoms with Crippen molar-refractivity contribution in [2.45, 2.75) is 6.10 Å². The lowest BCUT2D eigenvalue weighted by atomic mass is 10.3. The van der Waals surface area contributed by atoms with Crippen LogP contribution >= 0.6 is 0 Å². The van der Waals surface area contributed by atoms with Gasteiger partial charge in [-0.2, -0.15) is 0 Å². The maximum absolute atomic E-state index is 12.3. The van der Waals surface area contributed by atoms with Gasteiger partial charge in [-0.3, -0.25) is 0 Å². The number of carbonyl (C=O) groups is 1. The monoisotopic (exact) mass is 358 g/mol.